The largest absolute Gasteiger partial charge is 0.465 e. The summed E-state index contributed by atoms with van der Waals surface area (Å²) in [6.45, 7) is 6.95. The first-order chi connectivity index (χ1) is 10.2. The quantitative estimate of drug-likeness (QED) is 0.878. The van der Waals surface area contributed by atoms with Gasteiger partial charge in [-0.3, -0.25) is 4.90 Å². The Morgan fingerprint density at radius 1 is 1.27 bits per heavy atom. The highest BCUT2D eigenvalue weighted by molar-refractivity contribution is 5.65. The normalized spacial score (nSPS) is 32.3. The summed E-state index contributed by atoms with van der Waals surface area (Å²) in [4.78, 5) is 15.1. The average molecular weight is 304 g/mol. The summed E-state index contributed by atoms with van der Waals surface area (Å²) in [5, 5.41) is 20.1. The standard InChI is InChI=1S/C17H24N2O3/c1-16(2,12-7-5-4-6-8-12)19-13-9-17(3,22)14(19)11-18(10-13)15(20)21/h4-8,13-14,22H,9-11H2,1-3H3,(H,20,21). The van der Waals surface area contributed by atoms with E-state index in [1.165, 1.54) is 10.5 Å². The van der Waals surface area contributed by atoms with E-state index in [1.807, 2.05) is 25.1 Å². The van der Waals surface area contributed by atoms with Gasteiger partial charge in [0, 0.05) is 24.7 Å². The number of likely N-dealkylation sites (tertiary alicyclic amines) is 1. The van der Waals surface area contributed by atoms with Crippen LogP contribution in [0.25, 0.3) is 0 Å². The predicted octanol–water partition coefficient (Wildman–Crippen LogP) is 2.11. The van der Waals surface area contributed by atoms with Crippen LogP contribution in [0.1, 0.15) is 32.8 Å². The third-order valence-corrected chi connectivity index (χ3v) is 5.32. The maximum Gasteiger partial charge on any atom is 0.407 e. The molecule has 0 aromatic heterocycles. The van der Waals surface area contributed by atoms with Crippen LogP contribution in [0.5, 0.6) is 0 Å². The molecule has 2 heterocycles. The molecule has 1 aromatic rings. The van der Waals surface area contributed by atoms with Gasteiger partial charge in [-0.15, -0.1) is 0 Å². The Labute approximate surface area is 131 Å². The van der Waals surface area contributed by atoms with Gasteiger partial charge in [0.05, 0.1) is 11.6 Å². The minimum Gasteiger partial charge on any atom is -0.465 e. The van der Waals surface area contributed by atoms with Crippen molar-refractivity contribution in [2.45, 2.75) is 50.4 Å². The number of fused-ring (bicyclic) bond motifs is 2. The van der Waals surface area contributed by atoms with E-state index in [0.717, 1.165) is 0 Å². The summed E-state index contributed by atoms with van der Waals surface area (Å²) >= 11 is 0. The molecule has 5 heteroatoms. The summed E-state index contributed by atoms with van der Waals surface area (Å²) < 4.78 is 0. The van der Waals surface area contributed by atoms with Gasteiger partial charge >= 0.3 is 6.09 Å². The van der Waals surface area contributed by atoms with E-state index < -0.39 is 11.7 Å². The Balaban J connectivity index is 1.97. The van der Waals surface area contributed by atoms with Gasteiger partial charge in [0.15, 0.2) is 0 Å². The minimum atomic E-state index is -0.898. The van der Waals surface area contributed by atoms with Crippen LogP contribution in [0.15, 0.2) is 30.3 Å². The number of amides is 1. The maximum absolute atomic E-state index is 11.3. The van der Waals surface area contributed by atoms with Crippen molar-refractivity contribution in [2.24, 2.45) is 0 Å². The fourth-order valence-electron chi connectivity index (χ4n) is 4.24. The average Bonchev–Trinajstić information content (AvgIpc) is 2.62. The van der Waals surface area contributed by atoms with Crippen molar-refractivity contribution < 1.29 is 15.0 Å². The third-order valence-electron chi connectivity index (χ3n) is 5.32. The van der Waals surface area contributed by atoms with Gasteiger partial charge in [0.1, 0.15) is 0 Å². The summed E-state index contributed by atoms with van der Waals surface area (Å²) in [6, 6.07) is 10.1. The second-order valence-electron chi connectivity index (χ2n) is 7.25. The van der Waals surface area contributed by atoms with Crippen LogP contribution in [0.3, 0.4) is 0 Å². The zero-order chi connectivity index (χ0) is 16.1. The molecule has 0 spiro atoms. The fraction of sp³-hybridized carbons (Fsp3) is 0.588. The number of aliphatic hydroxyl groups is 1. The molecular formula is C17H24N2O3. The molecule has 1 amide bonds. The highest BCUT2D eigenvalue weighted by Gasteiger charge is 2.57. The number of nitrogens with zero attached hydrogens (tertiary/aromatic N) is 2. The van der Waals surface area contributed by atoms with Crippen LogP contribution in [-0.2, 0) is 5.54 Å². The van der Waals surface area contributed by atoms with Crippen molar-refractivity contribution in [1.29, 1.82) is 0 Å². The Kier molecular flexibility index (Phi) is 3.45. The van der Waals surface area contributed by atoms with Gasteiger partial charge in [-0.1, -0.05) is 30.3 Å². The predicted molar refractivity (Wildman–Crippen MR) is 83.7 cm³/mol. The number of rotatable bonds is 2. The first-order valence-corrected chi connectivity index (χ1v) is 7.78. The minimum absolute atomic E-state index is 0.0417. The number of hydrogen-bond donors (Lipinski definition) is 2. The molecule has 2 aliphatic heterocycles. The van der Waals surface area contributed by atoms with E-state index >= 15 is 0 Å². The monoisotopic (exact) mass is 304 g/mol. The van der Waals surface area contributed by atoms with Crippen molar-refractivity contribution in [1.82, 2.24) is 9.80 Å². The van der Waals surface area contributed by atoms with Gasteiger partial charge in [-0.05, 0) is 32.8 Å². The molecule has 22 heavy (non-hydrogen) atoms. The van der Waals surface area contributed by atoms with Crippen molar-refractivity contribution in [3.8, 4) is 0 Å². The summed E-state index contributed by atoms with van der Waals surface area (Å²) in [5.74, 6) is 0. The molecule has 2 saturated heterocycles. The molecule has 3 unspecified atom stereocenters. The van der Waals surface area contributed by atoms with E-state index in [9.17, 15) is 15.0 Å². The van der Waals surface area contributed by atoms with Gasteiger partial charge in [0.25, 0.3) is 0 Å². The molecule has 0 saturated carbocycles. The van der Waals surface area contributed by atoms with Gasteiger partial charge in [-0.25, -0.2) is 4.79 Å². The first kappa shape index (κ1) is 15.3. The molecule has 2 bridgehead atoms. The zero-order valence-electron chi connectivity index (χ0n) is 13.4. The Hall–Kier alpha value is -1.59. The SMILES string of the molecule is CC1(O)CC2CN(C(=O)O)CC1N2C(C)(C)c1ccccc1. The number of benzene rings is 1. The number of carbonyl (C=O) groups is 1. The topological polar surface area (TPSA) is 64.0 Å². The van der Waals surface area contributed by atoms with E-state index in [1.54, 1.807) is 0 Å². The highest BCUT2D eigenvalue weighted by atomic mass is 16.4. The third kappa shape index (κ3) is 2.29. The second-order valence-corrected chi connectivity index (χ2v) is 7.25. The molecule has 2 N–H and O–H groups in total. The lowest BCUT2D eigenvalue weighted by atomic mass is 9.88. The van der Waals surface area contributed by atoms with Crippen molar-refractivity contribution in [2.75, 3.05) is 13.1 Å². The van der Waals surface area contributed by atoms with Crippen LogP contribution >= 0.6 is 0 Å². The van der Waals surface area contributed by atoms with E-state index in [-0.39, 0.29) is 17.6 Å². The number of piperazine rings is 1. The number of hydrogen-bond acceptors (Lipinski definition) is 3. The second kappa shape index (κ2) is 4.96. The lowest BCUT2D eigenvalue weighted by molar-refractivity contribution is -0.0496. The molecule has 0 aliphatic carbocycles. The lowest BCUT2D eigenvalue weighted by Gasteiger charge is -2.49. The molecule has 1 aromatic carbocycles. The van der Waals surface area contributed by atoms with E-state index in [2.05, 4.69) is 30.9 Å². The molecule has 3 rings (SSSR count). The van der Waals surface area contributed by atoms with Crippen molar-refractivity contribution >= 4 is 6.09 Å². The van der Waals surface area contributed by atoms with Gasteiger partial charge in [-0.2, -0.15) is 0 Å². The number of carboxylic acid groups (broad SMARTS) is 1. The van der Waals surface area contributed by atoms with Crippen LogP contribution in [0.2, 0.25) is 0 Å². The zero-order valence-corrected chi connectivity index (χ0v) is 13.4. The Bertz CT molecular complexity index is 571. The smallest absolute Gasteiger partial charge is 0.407 e. The first-order valence-electron chi connectivity index (χ1n) is 7.78. The molecule has 2 aliphatic rings. The van der Waals surface area contributed by atoms with Crippen LogP contribution in [0.4, 0.5) is 4.79 Å². The van der Waals surface area contributed by atoms with Gasteiger partial charge in [0.2, 0.25) is 0 Å². The fourth-order valence-corrected chi connectivity index (χ4v) is 4.24. The van der Waals surface area contributed by atoms with Crippen LogP contribution < -0.4 is 0 Å². The molecule has 120 valence electrons. The van der Waals surface area contributed by atoms with Gasteiger partial charge < -0.3 is 15.1 Å². The molecule has 2 fully saturated rings. The van der Waals surface area contributed by atoms with E-state index in [4.69, 9.17) is 0 Å². The lowest BCUT2D eigenvalue weighted by Crippen LogP contribution is -2.63. The maximum atomic E-state index is 11.3. The summed E-state index contributed by atoms with van der Waals surface area (Å²) in [6.07, 6.45) is -0.289. The molecule has 3 atom stereocenters. The van der Waals surface area contributed by atoms with E-state index in [0.29, 0.717) is 19.5 Å². The van der Waals surface area contributed by atoms with Crippen molar-refractivity contribution in [3.05, 3.63) is 35.9 Å². The van der Waals surface area contributed by atoms with Crippen LogP contribution in [0, 0.1) is 0 Å². The summed E-state index contributed by atoms with van der Waals surface area (Å²) in [5.41, 5.74) is 0.0780. The molecular weight excluding hydrogens is 280 g/mol. The molecule has 0 radical (unpaired) electrons. The van der Waals surface area contributed by atoms with Crippen LogP contribution in [-0.4, -0.2) is 56.9 Å². The summed E-state index contributed by atoms with van der Waals surface area (Å²) in [7, 11) is 0. The Morgan fingerprint density at radius 2 is 1.91 bits per heavy atom. The highest BCUT2D eigenvalue weighted by Crippen LogP contribution is 2.45. The Morgan fingerprint density at radius 3 is 2.45 bits per heavy atom. The van der Waals surface area contributed by atoms with Crippen molar-refractivity contribution in [3.63, 3.8) is 0 Å². The molecule has 5 nitrogen and oxygen atoms in total.